The zero-order valence-electron chi connectivity index (χ0n) is 14.2. The van der Waals surface area contributed by atoms with E-state index in [1.165, 1.54) is 0 Å². The molecule has 1 aromatic heterocycles. The lowest BCUT2D eigenvalue weighted by Crippen LogP contribution is -2.38. The summed E-state index contributed by atoms with van der Waals surface area (Å²) in [5, 5.41) is 7.07. The summed E-state index contributed by atoms with van der Waals surface area (Å²) >= 11 is 0. The molecule has 0 bridgehead atoms. The molecule has 0 saturated heterocycles. The smallest absolute Gasteiger partial charge is 0.339 e. The molecule has 0 radical (unpaired) electrons. The van der Waals surface area contributed by atoms with Gasteiger partial charge in [-0.15, -0.1) is 0 Å². The number of rotatable bonds is 3. The fourth-order valence-electron chi connectivity index (χ4n) is 3.00. The number of aromatic nitrogens is 2. The highest BCUT2D eigenvalue weighted by atomic mass is 16.5. The topological polar surface area (TPSA) is 73.2 Å². The number of nitrogens with zero attached hydrogens (tertiary/aromatic N) is 2. The highest BCUT2D eigenvalue weighted by Crippen LogP contribution is 2.23. The van der Waals surface area contributed by atoms with E-state index in [1.54, 1.807) is 23.0 Å². The van der Waals surface area contributed by atoms with Gasteiger partial charge in [0.15, 0.2) is 6.10 Å². The summed E-state index contributed by atoms with van der Waals surface area (Å²) in [7, 11) is 0. The zero-order valence-corrected chi connectivity index (χ0v) is 14.2. The average Bonchev–Trinajstić information content (AvgIpc) is 3.18. The molecule has 2 heterocycles. The molecule has 0 unspecified atom stereocenters. The van der Waals surface area contributed by atoms with Gasteiger partial charge in [-0.3, -0.25) is 4.79 Å². The van der Waals surface area contributed by atoms with Gasteiger partial charge >= 0.3 is 5.97 Å². The number of carbonyl (C=O) groups excluding carboxylic acids is 2. The average molecular weight is 347 g/mol. The van der Waals surface area contributed by atoms with E-state index in [0.29, 0.717) is 17.7 Å². The first kappa shape index (κ1) is 16.1. The van der Waals surface area contributed by atoms with Gasteiger partial charge < -0.3 is 10.1 Å². The van der Waals surface area contributed by atoms with Crippen LogP contribution in [0.25, 0.3) is 5.69 Å². The predicted octanol–water partition coefficient (Wildman–Crippen LogP) is 2.90. The lowest BCUT2D eigenvalue weighted by atomic mass is 9.98. The Kier molecular flexibility index (Phi) is 4.01. The van der Waals surface area contributed by atoms with E-state index < -0.39 is 12.1 Å². The number of carbonyl (C=O) groups is 2. The number of ether oxygens (including phenoxy) is 1. The summed E-state index contributed by atoms with van der Waals surface area (Å²) in [6.07, 6.45) is 3.05. The molecule has 0 fully saturated rings. The first-order chi connectivity index (χ1) is 12.6. The quantitative estimate of drug-likeness (QED) is 0.740. The minimum atomic E-state index is -0.842. The lowest BCUT2D eigenvalue weighted by Gasteiger charge is -2.24. The van der Waals surface area contributed by atoms with E-state index in [1.807, 2.05) is 49.5 Å². The van der Waals surface area contributed by atoms with Crippen molar-refractivity contribution in [1.82, 2.24) is 9.78 Å². The maximum Gasteiger partial charge on any atom is 0.339 e. The van der Waals surface area contributed by atoms with Crippen molar-refractivity contribution < 1.29 is 14.3 Å². The molecule has 1 N–H and O–H groups in total. The van der Waals surface area contributed by atoms with Gasteiger partial charge in [-0.1, -0.05) is 24.3 Å². The highest BCUT2D eigenvalue weighted by molar-refractivity contribution is 6.00. The van der Waals surface area contributed by atoms with Crippen molar-refractivity contribution in [2.45, 2.75) is 19.4 Å². The van der Waals surface area contributed by atoms with E-state index in [2.05, 4.69) is 10.4 Å². The van der Waals surface area contributed by atoms with Crippen molar-refractivity contribution in [3.8, 4) is 5.69 Å². The molecule has 6 heteroatoms. The summed E-state index contributed by atoms with van der Waals surface area (Å²) in [4.78, 5) is 24.8. The third kappa shape index (κ3) is 2.97. The van der Waals surface area contributed by atoms with Crippen LogP contribution in [0.3, 0.4) is 0 Å². The predicted molar refractivity (Wildman–Crippen MR) is 96.3 cm³/mol. The summed E-state index contributed by atoms with van der Waals surface area (Å²) in [5.41, 5.74) is 3.76. The molecule has 1 atom stereocenters. The third-order valence-corrected chi connectivity index (χ3v) is 4.43. The van der Waals surface area contributed by atoms with Crippen LogP contribution in [0.15, 0.2) is 60.9 Å². The summed E-state index contributed by atoms with van der Waals surface area (Å²) in [6, 6.07) is 14.7. The Morgan fingerprint density at radius 3 is 2.88 bits per heavy atom. The van der Waals surface area contributed by atoms with Gasteiger partial charge in [0.2, 0.25) is 0 Å². The maximum atomic E-state index is 12.7. The van der Waals surface area contributed by atoms with Gasteiger partial charge in [-0.05, 0) is 42.3 Å². The van der Waals surface area contributed by atoms with Gasteiger partial charge in [0.1, 0.15) is 0 Å². The SMILES string of the molecule is Cc1ccc(-n2cccn2)cc1NC(=O)[C@@H]1Cc2ccccc2C(=O)O1. The number of hydrogen-bond acceptors (Lipinski definition) is 4. The molecule has 0 aliphatic carbocycles. The van der Waals surface area contributed by atoms with Crippen LogP contribution in [0.5, 0.6) is 0 Å². The Hall–Kier alpha value is -3.41. The first-order valence-electron chi connectivity index (χ1n) is 8.32. The van der Waals surface area contributed by atoms with Gasteiger partial charge in [0.05, 0.1) is 11.3 Å². The number of anilines is 1. The number of hydrogen-bond donors (Lipinski definition) is 1. The van der Waals surface area contributed by atoms with E-state index >= 15 is 0 Å². The van der Waals surface area contributed by atoms with Crippen LogP contribution >= 0.6 is 0 Å². The second-order valence-electron chi connectivity index (χ2n) is 6.19. The summed E-state index contributed by atoms with van der Waals surface area (Å²) < 4.78 is 7.03. The number of fused-ring (bicyclic) bond motifs is 1. The van der Waals surface area contributed by atoms with Gasteiger partial charge in [-0.25, -0.2) is 9.48 Å². The van der Waals surface area contributed by atoms with Crippen molar-refractivity contribution in [1.29, 1.82) is 0 Å². The molecule has 3 aromatic rings. The molecule has 1 amide bonds. The molecular weight excluding hydrogens is 330 g/mol. The van der Waals surface area contributed by atoms with Crippen LogP contribution in [-0.2, 0) is 16.0 Å². The van der Waals surface area contributed by atoms with Crippen LogP contribution in [-0.4, -0.2) is 27.8 Å². The van der Waals surface area contributed by atoms with Gasteiger partial charge in [0.25, 0.3) is 5.91 Å². The molecule has 0 saturated carbocycles. The molecule has 26 heavy (non-hydrogen) atoms. The Labute approximate surface area is 150 Å². The monoisotopic (exact) mass is 347 g/mol. The molecule has 1 aliphatic heterocycles. The van der Waals surface area contributed by atoms with Crippen LogP contribution < -0.4 is 5.32 Å². The minimum absolute atomic E-state index is 0.339. The van der Waals surface area contributed by atoms with Gasteiger partial charge in [-0.2, -0.15) is 5.10 Å². The highest BCUT2D eigenvalue weighted by Gasteiger charge is 2.31. The number of amides is 1. The van der Waals surface area contributed by atoms with E-state index in [9.17, 15) is 9.59 Å². The Morgan fingerprint density at radius 2 is 2.08 bits per heavy atom. The molecule has 130 valence electrons. The second kappa shape index (κ2) is 6.48. The number of esters is 1. The van der Waals surface area contributed by atoms with Crippen LogP contribution in [0.2, 0.25) is 0 Å². The number of aryl methyl sites for hydroxylation is 1. The third-order valence-electron chi connectivity index (χ3n) is 4.43. The van der Waals surface area contributed by atoms with Crippen molar-refractivity contribution in [2.24, 2.45) is 0 Å². The maximum absolute atomic E-state index is 12.7. The number of benzene rings is 2. The van der Waals surface area contributed by atoms with Crippen LogP contribution in [0.4, 0.5) is 5.69 Å². The lowest BCUT2D eigenvalue weighted by molar-refractivity contribution is -0.125. The zero-order chi connectivity index (χ0) is 18.1. The molecular formula is C20H17N3O3. The summed E-state index contributed by atoms with van der Waals surface area (Å²) in [6.45, 7) is 1.91. The fourth-order valence-corrected chi connectivity index (χ4v) is 3.00. The largest absolute Gasteiger partial charge is 0.448 e. The minimum Gasteiger partial charge on any atom is -0.448 e. The van der Waals surface area contributed by atoms with Gasteiger partial charge in [0, 0.05) is 24.5 Å². The molecule has 0 spiro atoms. The molecule has 6 nitrogen and oxygen atoms in total. The van der Waals surface area contributed by atoms with E-state index in [4.69, 9.17) is 4.74 Å². The first-order valence-corrected chi connectivity index (χ1v) is 8.32. The van der Waals surface area contributed by atoms with Crippen molar-refractivity contribution in [3.05, 3.63) is 77.6 Å². The molecule has 2 aromatic carbocycles. The van der Waals surface area contributed by atoms with Crippen molar-refractivity contribution in [2.75, 3.05) is 5.32 Å². The Balaban J connectivity index is 1.56. The number of cyclic esters (lactones) is 1. The van der Waals surface area contributed by atoms with E-state index in [-0.39, 0.29) is 5.91 Å². The number of nitrogens with one attached hydrogen (secondary N) is 1. The fraction of sp³-hybridized carbons (Fsp3) is 0.150. The Bertz CT molecular complexity index is 980. The van der Waals surface area contributed by atoms with Crippen molar-refractivity contribution in [3.63, 3.8) is 0 Å². The standard InChI is InChI=1S/C20H17N3O3/c1-13-7-8-15(23-10-4-9-21-23)12-17(13)22-19(24)18-11-14-5-2-3-6-16(14)20(25)26-18/h2-10,12,18H,11H2,1H3,(H,22,24)/t18-/m0/s1. The van der Waals surface area contributed by atoms with E-state index in [0.717, 1.165) is 16.8 Å². The normalized spacial score (nSPS) is 15.9. The molecule has 1 aliphatic rings. The second-order valence-corrected chi connectivity index (χ2v) is 6.19. The Morgan fingerprint density at radius 1 is 1.23 bits per heavy atom. The van der Waals surface area contributed by atoms with Crippen LogP contribution in [0.1, 0.15) is 21.5 Å². The summed E-state index contributed by atoms with van der Waals surface area (Å²) in [5.74, 6) is -0.803. The van der Waals surface area contributed by atoms with Crippen LogP contribution in [0, 0.1) is 6.92 Å². The molecule has 4 rings (SSSR count). The van der Waals surface area contributed by atoms with Crippen molar-refractivity contribution >= 4 is 17.6 Å².